The lowest BCUT2D eigenvalue weighted by Crippen LogP contribution is -2.49. The molecule has 1 fully saturated rings. The molecule has 136 valence electrons. The molecule has 0 bridgehead atoms. The number of benzene rings is 1. The number of hydrogen-bond donors (Lipinski definition) is 0. The third-order valence-electron chi connectivity index (χ3n) is 5.38. The number of amides is 1. The highest BCUT2D eigenvalue weighted by Crippen LogP contribution is 2.31. The molecule has 3 heterocycles. The van der Waals surface area contributed by atoms with Crippen LogP contribution in [-0.4, -0.2) is 59.5 Å². The molecule has 26 heavy (non-hydrogen) atoms. The van der Waals surface area contributed by atoms with E-state index in [1.807, 2.05) is 11.0 Å². The van der Waals surface area contributed by atoms with E-state index in [4.69, 9.17) is 0 Å². The van der Waals surface area contributed by atoms with Crippen LogP contribution in [-0.2, 0) is 11.2 Å². The third-order valence-corrected chi connectivity index (χ3v) is 5.38. The number of hydrogen-bond acceptors (Lipinski definition) is 5. The summed E-state index contributed by atoms with van der Waals surface area (Å²) in [5, 5.41) is 0. The smallest absolute Gasteiger partial charge is 0.225 e. The highest BCUT2D eigenvalue weighted by Gasteiger charge is 2.27. The van der Waals surface area contributed by atoms with Gasteiger partial charge in [-0.15, -0.1) is 0 Å². The van der Waals surface area contributed by atoms with Crippen LogP contribution in [0.5, 0.6) is 0 Å². The zero-order valence-corrected chi connectivity index (χ0v) is 15.2. The summed E-state index contributed by atoms with van der Waals surface area (Å²) in [5.74, 6) is 0.998. The van der Waals surface area contributed by atoms with Crippen LogP contribution in [0.3, 0.4) is 0 Å². The molecule has 4 rings (SSSR count). The van der Waals surface area contributed by atoms with Crippen molar-refractivity contribution in [3.63, 3.8) is 0 Å². The number of nitrogens with zero attached hydrogens (tertiary/aromatic N) is 5. The Morgan fingerprint density at radius 2 is 1.81 bits per heavy atom. The normalized spacial score (nSPS) is 19.6. The highest BCUT2D eigenvalue weighted by atomic mass is 16.2. The Balaban J connectivity index is 1.30. The number of carbonyl (C=O) groups excluding carboxylic acids is 1. The number of piperazine rings is 1. The second-order valence-electron chi connectivity index (χ2n) is 7.04. The van der Waals surface area contributed by atoms with Gasteiger partial charge in [0.05, 0.1) is 0 Å². The van der Waals surface area contributed by atoms with Gasteiger partial charge in [-0.3, -0.25) is 4.79 Å². The third kappa shape index (κ3) is 3.36. The number of fused-ring (bicyclic) bond motifs is 1. The van der Waals surface area contributed by atoms with Gasteiger partial charge < -0.3 is 14.7 Å². The second kappa shape index (κ2) is 7.32. The SMILES string of the molecule is C[C@H]1Cc2ccccc2N1CCC(=O)N1CCN(c2ncccn2)CC1. The van der Waals surface area contributed by atoms with E-state index in [1.165, 1.54) is 11.3 Å². The van der Waals surface area contributed by atoms with E-state index in [9.17, 15) is 4.79 Å². The molecule has 0 aliphatic carbocycles. The lowest BCUT2D eigenvalue weighted by Gasteiger charge is -2.35. The van der Waals surface area contributed by atoms with E-state index in [1.54, 1.807) is 12.4 Å². The molecule has 0 radical (unpaired) electrons. The number of anilines is 2. The molecule has 0 saturated carbocycles. The van der Waals surface area contributed by atoms with Gasteiger partial charge in [0.1, 0.15) is 0 Å². The van der Waals surface area contributed by atoms with Crippen molar-refractivity contribution in [3.8, 4) is 0 Å². The standard InChI is InChI=1S/C20H25N5O/c1-16-15-17-5-2-3-6-18(17)25(16)10-7-19(26)23-11-13-24(14-12-23)20-21-8-4-9-22-20/h2-6,8-9,16H,7,10-15H2,1H3/t16-/m0/s1. The summed E-state index contributed by atoms with van der Waals surface area (Å²) in [5.41, 5.74) is 2.68. The molecule has 6 nitrogen and oxygen atoms in total. The van der Waals surface area contributed by atoms with Crippen molar-refractivity contribution < 1.29 is 4.79 Å². The minimum atomic E-state index is 0.246. The predicted octanol–water partition coefficient (Wildman–Crippen LogP) is 1.97. The van der Waals surface area contributed by atoms with Crippen LogP contribution in [0.1, 0.15) is 18.9 Å². The van der Waals surface area contributed by atoms with Crippen LogP contribution in [0.25, 0.3) is 0 Å². The summed E-state index contributed by atoms with van der Waals surface area (Å²) in [6, 6.07) is 10.8. The summed E-state index contributed by atoms with van der Waals surface area (Å²) in [7, 11) is 0. The molecule has 1 aromatic heterocycles. The molecule has 0 unspecified atom stereocenters. The first kappa shape index (κ1) is 16.8. The predicted molar refractivity (Wildman–Crippen MR) is 102 cm³/mol. The Bertz CT molecular complexity index is 758. The maximum atomic E-state index is 12.7. The molecule has 1 atom stereocenters. The van der Waals surface area contributed by atoms with E-state index in [2.05, 4.69) is 51.0 Å². The molecular formula is C20H25N5O. The van der Waals surface area contributed by atoms with E-state index < -0.39 is 0 Å². The summed E-state index contributed by atoms with van der Waals surface area (Å²) in [6.07, 6.45) is 5.16. The van der Waals surface area contributed by atoms with Gasteiger partial charge >= 0.3 is 0 Å². The van der Waals surface area contributed by atoms with Crippen molar-refractivity contribution in [1.82, 2.24) is 14.9 Å². The average molecular weight is 351 g/mol. The van der Waals surface area contributed by atoms with Crippen LogP contribution in [0.2, 0.25) is 0 Å². The number of para-hydroxylation sites is 1. The van der Waals surface area contributed by atoms with Crippen molar-refractivity contribution in [2.45, 2.75) is 25.8 Å². The molecule has 2 aliphatic heterocycles. The Kier molecular flexibility index (Phi) is 4.73. The van der Waals surface area contributed by atoms with Gasteiger partial charge in [-0.1, -0.05) is 18.2 Å². The maximum absolute atomic E-state index is 12.7. The summed E-state index contributed by atoms with van der Waals surface area (Å²) in [4.78, 5) is 27.8. The average Bonchev–Trinajstić information content (AvgIpc) is 3.02. The minimum Gasteiger partial charge on any atom is -0.368 e. The Morgan fingerprint density at radius 3 is 2.58 bits per heavy atom. The molecule has 1 aromatic carbocycles. The van der Waals surface area contributed by atoms with Crippen LogP contribution in [0.15, 0.2) is 42.7 Å². The van der Waals surface area contributed by atoms with Gasteiger partial charge in [-0.2, -0.15) is 0 Å². The van der Waals surface area contributed by atoms with Crippen LogP contribution in [0, 0.1) is 0 Å². The minimum absolute atomic E-state index is 0.246. The topological polar surface area (TPSA) is 52.6 Å². The van der Waals surface area contributed by atoms with Gasteiger partial charge in [-0.25, -0.2) is 9.97 Å². The first-order chi connectivity index (χ1) is 12.7. The molecule has 0 spiro atoms. The van der Waals surface area contributed by atoms with Gasteiger partial charge in [0, 0.05) is 63.3 Å². The molecule has 1 saturated heterocycles. The summed E-state index contributed by atoms with van der Waals surface area (Å²) in [6.45, 7) is 6.09. The van der Waals surface area contributed by atoms with E-state index in [0.717, 1.165) is 45.1 Å². The number of rotatable bonds is 4. The Labute approximate surface area is 154 Å². The van der Waals surface area contributed by atoms with Crippen LogP contribution >= 0.6 is 0 Å². The van der Waals surface area contributed by atoms with Crippen LogP contribution in [0.4, 0.5) is 11.6 Å². The molecule has 0 N–H and O–H groups in total. The summed E-state index contributed by atoms with van der Waals surface area (Å²) < 4.78 is 0. The van der Waals surface area contributed by atoms with E-state index in [-0.39, 0.29) is 5.91 Å². The number of carbonyl (C=O) groups is 1. The number of aromatic nitrogens is 2. The highest BCUT2D eigenvalue weighted by molar-refractivity contribution is 5.77. The van der Waals surface area contributed by atoms with Crippen molar-refractivity contribution in [2.75, 3.05) is 42.5 Å². The largest absolute Gasteiger partial charge is 0.368 e. The zero-order chi connectivity index (χ0) is 17.9. The lowest BCUT2D eigenvalue weighted by atomic mass is 10.1. The molecule has 6 heteroatoms. The first-order valence-electron chi connectivity index (χ1n) is 9.36. The Morgan fingerprint density at radius 1 is 1.08 bits per heavy atom. The molecule has 2 aliphatic rings. The van der Waals surface area contributed by atoms with Gasteiger partial charge in [-0.05, 0) is 31.0 Å². The van der Waals surface area contributed by atoms with Gasteiger partial charge in [0.25, 0.3) is 0 Å². The fourth-order valence-electron chi connectivity index (χ4n) is 3.95. The van der Waals surface area contributed by atoms with Crippen LogP contribution < -0.4 is 9.80 Å². The fourth-order valence-corrected chi connectivity index (χ4v) is 3.95. The van der Waals surface area contributed by atoms with Gasteiger partial charge in [0.15, 0.2) is 0 Å². The first-order valence-corrected chi connectivity index (χ1v) is 9.36. The van der Waals surface area contributed by atoms with Crippen molar-refractivity contribution in [2.24, 2.45) is 0 Å². The molecule has 2 aromatic rings. The zero-order valence-electron chi connectivity index (χ0n) is 15.2. The molecular weight excluding hydrogens is 326 g/mol. The van der Waals surface area contributed by atoms with Crippen molar-refractivity contribution in [1.29, 1.82) is 0 Å². The Hall–Kier alpha value is -2.63. The maximum Gasteiger partial charge on any atom is 0.225 e. The van der Waals surface area contributed by atoms with Crippen molar-refractivity contribution in [3.05, 3.63) is 48.3 Å². The second-order valence-corrected chi connectivity index (χ2v) is 7.04. The quantitative estimate of drug-likeness (QED) is 0.843. The van der Waals surface area contributed by atoms with Gasteiger partial charge in [0.2, 0.25) is 11.9 Å². The van der Waals surface area contributed by atoms with Crippen molar-refractivity contribution >= 4 is 17.5 Å². The fraction of sp³-hybridized carbons (Fsp3) is 0.450. The summed E-state index contributed by atoms with van der Waals surface area (Å²) >= 11 is 0. The lowest BCUT2D eigenvalue weighted by molar-refractivity contribution is -0.131. The van der Waals surface area contributed by atoms with E-state index >= 15 is 0 Å². The monoisotopic (exact) mass is 351 g/mol. The molecule has 1 amide bonds. The van der Waals surface area contributed by atoms with E-state index in [0.29, 0.717) is 12.5 Å².